The predicted molar refractivity (Wildman–Crippen MR) is 157 cm³/mol. The zero-order valence-corrected chi connectivity index (χ0v) is 28.7. The van der Waals surface area contributed by atoms with E-state index in [0.29, 0.717) is 6.61 Å². The highest BCUT2D eigenvalue weighted by molar-refractivity contribution is 9.11. The second-order valence-corrected chi connectivity index (χ2v) is 27.4. The van der Waals surface area contributed by atoms with Crippen LogP contribution in [0.5, 0.6) is 0 Å². The summed E-state index contributed by atoms with van der Waals surface area (Å²) in [5, 5.41) is 0.148. The van der Waals surface area contributed by atoms with Gasteiger partial charge in [0.2, 0.25) is 0 Å². The summed E-state index contributed by atoms with van der Waals surface area (Å²) < 4.78 is 21.7. The summed E-state index contributed by atoms with van der Waals surface area (Å²) in [5.74, 6) is 0. The number of alkyl halides is 1. The quantitative estimate of drug-likeness (QED) is 0.156. The van der Waals surface area contributed by atoms with Crippen molar-refractivity contribution in [3.8, 4) is 0 Å². The van der Waals surface area contributed by atoms with Gasteiger partial charge in [0.15, 0.2) is 25.0 Å². The Kier molecular flexibility index (Phi) is 12.2. The van der Waals surface area contributed by atoms with Crippen LogP contribution in [0.15, 0.2) is 10.6 Å². The summed E-state index contributed by atoms with van der Waals surface area (Å²) in [7, 11) is -5.59. The minimum Gasteiger partial charge on any atom is -0.415 e. The van der Waals surface area contributed by atoms with Gasteiger partial charge in [0.1, 0.15) is 0 Å². The van der Waals surface area contributed by atoms with Crippen molar-refractivity contribution in [3.63, 3.8) is 0 Å². The fourth-order valence-corrected chi connectivity index (χ4v) is 13.0. The maximum absolute atomic E-state index is 7.59. The van der Waals surface area contributed by atoms with E-state index in [1.807, 2.05) is 0 Å². The smallest absolute Gasteiger partial charge is 0.193 e. The molecule has 0 aromatic heterocycles. The molecular formula is C25H52BrClO3Si3. The summed E-state index contributed by atoms with van der Waals surface area (Å²) in [6, 6.07) is 6.68. The third-order valence-electron chi connectivity index (χ3n) is 8.71. The molecule has 3 nitrogen and oxygen atoms in total. The lowest BCUT2D eigenvalue weighted by molar-refractivity contribution is 0.0834. The van der Waals surface area contributed by atoms with Crippen molar-refractivity contribution in [1.82, 2.24) is 0 Å². The van der Waals surface area contributed by atoms with Crippen LogP contribution >= 0.6 is 27.5 Å². The van der Waals surface area contributed by atoms with Crippen molar-refractivity contribution in [1.29, 1.82) is 0 Å². The summed E-state index contributed by atoms with van der Waals surface area (Å²) in [6.07, 6.45) is 2.76. The summed E-state index contributed by atoms with van der Waals surface area (Å²) >= 11 is 11.5. The molecule has 0 heterocycles. The van der Waals surface area contributed by atoms with E-state index in [0.717, 1.165) is 47.2 Å². The van der Waals surface area contributed by atoms with Crippen molar-refractivity contribution < 1.29 is 13.3 Å². The number of halogens is 2. The molecule has 0 aromatic carbocycles. The van der Waals surface area contributed by atoms with Gasteiger partial charge in [0.25, 0.3) is 0 Å². The van der Waals surface area contributed by atoms with Crippen molar-refractivity contribution in [2.24, 2.45) is 0 Å². The van der Waals surface area contributed by atoms with Crippen LogP contribution in [-0.2, 0) is 13.3 Å². The number of hydrogen-bond donors (Lipinski definition) is 0. The van der Waals surface area contributed by atoms with E-state index in [4.69, 9.17) is 24.9 Å². The zero-order valence-electron chi connectivity index (χ0n) is 23.4. The first kappa shape index (κ1) is 32.1. The van der Waals surface area contributed by atoms with E-state index < -0.39 is 29.8 Å². The molecule has 0 bridgehead atoms. The maximum atomic E-state index is 7.59. The highest BCUT2D eigenvalue weighted by atomic mass is 79.9. The van der Waals surface area contributed by atoms with Gasteiger partial charge in [-0.3, -0.25) is 0 Å². The fourth-order valence-electron chi connectivity index (χ4n) is 4.52. The third-order valence-corrected chi connectivity index (χ3v) is 23.6. The minimum absolute atomic E-state index is 0.0249. The van der Waals surface area contributed by atoms with Crippen LogP contribution in [0.1, 0.15) is 68.7 Å². The van der Waals surface area contributed by atoms with Gasteiger partial charge < -0.3 is 13.3 Å². The Hall–Kier alpha value is 1.04. The molecule has 1 aliphatic rings. The zero-order chi connectivity index (χ0) is 25.7. The van der Waals surface area contributed by atoms with Gasteiger partial charge in [-0.05, 0) is 60.5 Å². The van der Waals surface area contributed by atoms with E-state index in [1.165, 1.54) is 0 Å². The minimum atomic E-state index is -1.94. The van der Waals surface area contributed by atoms with Crippen molar-refractivity contribution in [2.45, 2.75) is 140 Å². The molecule has 196 valence electrons. The molecule has 0 aromatic rings. The van der Waals surface area contributed by atoms with Crippen LogP contribution in [0, 0.1) is 0 Å². The first-order valence-corrected chi connectivity index (χ1v) is 22.3. The Morgan fingerprint density at radius 1 is 0.909 bits per heavy atom. The number of rotatable bonds is 13. The molecule has 8 heteroatoms. The lowest BCUT2D eigenvalue weighted by Crippen LogP contribution is -2.56. The molecule has 0 aliphatic heterocycles. The molecule has 0 radical (unpaired) electrons. The van der Waals surface area contributed by atoms with Gasteiger partial charge in [0.05, 0.1) is 23.7 Å². The van der Waals surface area contributed by atoms with Crippen LogP contribution < -0.4 is 0 Å². The lowest BCUT2D eigenvalue weighted by Gasteiger charge is -2.48. The average Bonchev–Trinajstić information content (AvgIpc) is 2.74. The largest absolute Gasteiger partial charge is 0.415 e. The summed E-state index contributed by atoms with van der Waals surface area (Å²) in [5.41, 5.74) is 0. The van der Waals surface area contributed by atoms with Crippen LogP contribution in [0.3, 0.4) is 0 Å². The average molecular weight is 600 g/mol. The number of hydrogen-bond acceptors (Lipinski definition) is 3. The maximum Gasteiger partial charge on any atom is 0.193 e. The van der Waals surface area contributed by atoms with E-state index in [9.17, 15) is 0 Å². The van der Waals surface area contributed by atoms with E-state index in [1.54, 1.807) is 0 Å². The van der Waals surface area contributed by atoms with Crippen LogP contribution in [0.4, 0.5) is 0 Å². The third kappa shape index (κ3) is 7.76. The van der Waals surface area contributed by atoms with Gasteiger partial charge in [-0.1, -0.05) is 78.2 Å². The van der Waals surface area contributed by atoms with Gasteiger partial charge in [0, 0.05) is 10.9 Å². The van der Waals surface area contributed by atoms with E-state index in [-0.39, 0.29) is 17.2 Å². The Labute approximate surface area is 222 Å². The summed E-state index contributed by atoms with van der Waals surface area (Å²) in [6.45, 7) is 25.7. The van der Waals surface area contributed by atoms with E-state index >= 15 is 0 Å². The molecule has 0 unspecified atom stereocenters. The van der Waals surface area contributed by atoms with Crippen LogP contribution in [-0.4, -0.2) is 48.6 Å². The van der Waals surface area contributed by atoms with Gasteiger partial charge in [-0.25, -0.2) is 0 Å². The van der Waals surface area contributed by atoms with E-state index in [2.05, 4.69) is 97.4 Å². The monoisotopic (exact) mass is 598 g/mol. The molecule has 1 rings (SSSR count). The first-order valence-electron chi connectivity index (χ1n) is 13.2. The molecule has 33 heavy (non-hydrogen) atoms. The second-order valence-electron chi connectivity index (χ2n) is 11.5. The molecule has 0 fully saturated rings. The SMILES string of the molecule is CC[Si](CC)(CC)OC[C@@]1(Cl)C[C@H](O[Si](C)(C)C(C)(C)C)C=C(Br)[C@@H]1O[Si](CC)(CC)CC. The lowest BCUT2D eigenvalue weighted by atomic mass is 9.89. The molecule has 0 saturated heterocycles. The highest BCUT2D eigenvalue weighted by Crippen LogP contribution is 2.46. The molecule has 1 aliphatic carbocycles. The predicted octanol–water partition coefficient (Wildman–Crippen LogP) is 9.45. The Morgan fingerprint density at radius 2 is 1.36 bits per heavy atom. The Bertz CT molecular complexity index is 629. The van der Waals surface area contributed by atoms with Crippen molar-refractivity contribution >= 4 is 52.5 Å². The van der Waals surface area contributed by atoms with Gasteiger partial charge in [-0.15, -0.1) is 11.6 Å². The van der Waals surface area contributed by atoms with Crippen molar-refractivity contribution in [2.75, 3.05) is 6.61 Å². The van der Waals surface area contributed by atoms with Gasteiger partial charge >= 0.3 is 0 Å². The Morgan fingerprint density at radius 3 is 1.76 bits per heavy atom. The first-order chi connectivity index (χ1) is 15.1. The topological polar surface area (TPSA) is 27.7 Å². The highest BCUT2D eigenvalue weighted by Gasteiger charge is 2.51. The standard InChI is InChI=1S/C25H52BrClO3Si3/c1-12-32(13-2,14-3)28-20-25(27)19-21(29-31(10,11)24(7,8)9)18-22(26)23(25)30-33(15-4,16-5)17-6/h18,21,23H,12-17,19-20H2,1-11H3/t21-,23+,25+/m1/s1. The molecule has 0 N–H and O–H groups in total. The fraction of sp³-hybridized carbons (Fsp3) is 0.920. The van der Waals surface area contributed by atoms with Crippen molar-refractivity contribution in [3.05, 3.63) is 10.6 Å². The van der Waals surface area contributed by atoms with Crippen LogP contribution in [0.25, 0.3) is 0 Å². The molecular weight excluding hydrogens is 548 g/mol. The van der Waals surface area contributed by atoms with Gasteiger partial charge in [-0.2, -0.15) is 0 Å². The molecule has 3 atom stereocenters. The normalized spacial score (nSPS) is 25.3. The summed E-state index contributed by atoms with van der Waals surface area (Å²) in [4.78, 5) is -0.629. The molecule has 0 amide bonds. The second kappa shape index (κ2) is 12.5. The van der Waals surface area contributed by atoms with Crippen LogP contribution in [0.2, 0.25) is 54.4 Å². The molecule has 0 spiro atoms. The molecule has 0 saturated carbocycles. The Balaban J connectivity index is 3.37.